The number of rotatable bonds is 12. The summed E-state index contributed by atoms with van der Waals surface area (Å²) in [5.41, 5.74) is -2.09. The number of hydrogen-bond donors (Lipinski definition) is 8. The molecule has 0 aliphatic carbocycles. The molecule has 0 spiro atoms. The lowest BCUT2D eigenvalue weighted by atomic mass is 10.1. The summed E-state index contributed by atoms with van der Waals surface area (Å²) < 4.78 is 73.4. The number of ether oxygens (including phenoxy) is 2. The number of carbonyl (C=O) groups is 2. The Labute approximate surface area is 355 Å². The molecule has 2 aliphatic heterocycles. The second-order valence-electron chi connectivity index (χ2n) is 13.9. The van der Waals surface area contributed by atoms with Crippen LogP contribution < -0.4 is 27.9 Å². The Morgan fingerprint density at radius 2 is 1.13 bits per heavy atom. The minimum atomic E-state index is -3.20. The molecule has 63 heavy (non-hydrogen) atoms. The fourth-order valence-corrected chi connectivity index (χ4v) is 6.59. The quantitative estimate of drug-likeness (QED) is 0.0829. The maximum atomic E-state index is 14.6. The molecular formula is C33H45F2N13O13P2+2. The van der Waals surface area contributed by atoms with Crippen molar-refractivity contribution in [3.05, 3.63) is 57.1 Å². The van der Waals surface area contributed by atoms with Crippen molar-refractivity contribution in [3.8, 4) is 0 Å². The number of nitrogens with one attached hydrogen (secondary N) is 4. The molecule has 10 N–H and O–H groups in total. The Morgan fingerprint density at radius 1 is 0.762 bits per heavy atom. The normalized spacial score (nSPS) is 23.4. The molecule has 6 heterocycles. The molecule has 5 aromatic rings. The number of nitrogens with zero attached hydrogens (tertiary/aromatic N) is 8. The summed E-state index contributed by atoms with van der Waals surface area (Å²) in [7, 11) is -6.31. The van der Waals surface area contributed by atoms with Crippen LogP contribution in [0.1, 0.15) is 53.5 Å². The second-order valence-corrected chi connectivity index (χ2v) is 15.3. The number of hydrogen-bond acceptors (Lipinski definition) is 18. The SMILES string of the molecule is CC(C)C(=O)Nc1nc2c(nnn2[C@@H]2O[C@H](CO)[C@@H](F)[C@@H]2O[P+](=O)O)c(=O)[nH]1.CC[C@H]1O[C@@H](n2nnc3c(=O)[nH]c(NC(=O)C(C)C)nc32)[C@@H](O[P+](=O)O)[C@@H]1F.N.c1ccccc1. The molecule has 7 rings (SSSR count). The van der Waals surface area contributed by atoms with Gasteiger partial charge >= 0.3 is 16.5 Å². The molecule has 10 atom stereocenters. The summed E-state index contributed by atoms with van der Waals surface area (Å²) in [5.74, 6) is -1.89. The molecule has 4 aromatic heterocycles. The molecule has 342 valence electrons. The van der Waals surface area contributed by atoms with E-state index in [4.69, 9.17) is 23.8 Å². The van der Waals surface area contributed by atoms with Gasteiger partial charge in [0.05, 0.1) is 12.7 Å². The van der Waals surface area contributed by atoms with Gasteiger partial charge in [-0.3, -0.25) is 39.8 Å². The molecule has 2 saturated heterocycles. The highest BCUT2D eigenvalue weighted by molar-refractivity contribution is 7.32. The Bertz CT molecular complexity index is 2310. The van der Waals surface area contributed by atoms with Crippen LogP contribution >= 0.6 is 16.5 Å². The van der Waals surface area contributed by atoms with E-state index >= 15 is 0 Å². The van der Waals surface area contributed by atoms with Crippen LogP contribution in [0.15, 0.2) is 46.0 Å². The Morgan fingerprint density at radius 3 is 1.46 bits per heavy atom. The van der Waals surface area contributed by atoms with Gasteiger partial charge in [-0.25, -0.2) is 8.78 Å². The summed E-state index contributed by atoms with van der Waals surface area (Å²) in [4.78, 5) is 79.0. The van der Waals surface area contributed by atoms with Crippen molar-refractivity contribution in [2.24, 2.45) is 11.8 Å². The Kier molecular flexibility index (Phi) is 17.7. The average molecular weight is 932 g/mol. The number of anilines is 2. The van der Waals surface area contributed by atoms with Gasteiger partial charge in [0.2, 0.25) is 23.7 Å². The number of aromatic amines is 2. The van der Waals surface area contributed by atoms with Crippen LogP contribution in [0.3, 0.4) is 0 Å². The van der Waals surface area contributed by atoms with Gasteiger partial charge in [-0.15, -0.1) is 29.0 Å². The maximum absolute atomic E-state index is 14.6. The highest BCUT2D eigenvalue weighted by Gasteiger charge is 2.53. The summed E-state index contributed by atoms with van der Waals surface area (Å²) in [6.45, 7) is 7.55. The maximum Gasteiger partial charge on any atom is 0.695 e. The molecule has 26 nitrogen and oxygen atoms in total. The molecular weight excluding hydrogens is 886 g/mol. The first-order chi connectivity index (χ1) is 29.4. The number of aliphatic hydroxyl groups excluding tert-OH is 1. The predicted octanol–water partition coefficient (Wildman–Crippen LogP) is 2.01. The molecule has 2 aliphatic rings. The lowest BCUT2D eigenvalue weighted by Crippen LogP contribution is -2.31. The van der Waals surface area contributed by atoms with Crippen LogP contribution in [0, 0.1) is 11.8 Å². The van der Waals surface area contributed by atoms with E-state index in [-0.39, 0.29) is 58.6 Å². The van der Waals surface area contributed by atoms with E-state index in [9.17, 15) is 42.2 Å². The third kappa shape index (κ3) is 11.9. The van der Waals surface area contributed by atoms with Crippen LogP contribution in [0.2, 0.25) is 0 Å². The van der Waals surface area contributed by atoms with Crippen molar-refractivity contribution < 1.29 is 60.9 Å². The van der Waals surface area contributed by atoms with E-state index in [0.717, 1.165) is 9.36 Å². The molecule has 0 saturated carbocycles. The zero-order valence-electron chi connectivity index (χ0n) is 34.0. The van der Waals surface area contributed by atoms with E-state index in [2.05, 4.69) is 55.7 Å². The number of alkyl halides is 2. The minimum absolute atomic E-state index is 0. The molecule has 2 unspecified atom stereocenters. The Balaban J connectivity index is 0.000000240. The van der Waals surface area contributed by atoms with E-state index in [1.807, 2.05) is 36.4 Å². The van der Waals surface area contributed by atoms with Crippen LogP contribution in [-0.2, 0) is 37.2 Å². The standard InChI is InChI=1S/C14H18FN6O6P.C13H16FN6O7P.C6H6.H3N/c1-4-6-7(15)9(27-28(24)25)13(26-6)21-10-8(19-20-21)12(23)18-14(16-10)17-11(22)5(2)3;1-4(2)10(22)16-13-15-9-7(11(23)17-13)18-19-20(9)12-8(27-28(24)25)6(14)5(3-21)26-12;1-2-4-6-5-3-1;/h5-7,9,13H,4H2,1-3H3,(H2-,16,17,18,20,22,23,24,25);4-6,8,12,21H,3H2,1-2H3,(H2-,15,16,17,19,22,23,24,25);1-6H;1H3/p+2/t6-,7-,9+,13-;5-,6-,8+,12-;;/m11../s1. The summed E-state index contributed by atoms with van der Waals surface area (Å²) in [6.07, 6.45) is -11.5. The molecule has 2 fully saturated rings. The lowest BCUT2D eigenvalue weighted by Gasteiger charge is -2.14. The number of aliphatic hydroxyl groups is 1. The monoisotopic (exact) mass is 931 g/mol. The number of aromatic nitrogens is 10. The molecule has 1 aromatic carbocycles. The van der Waals surface area contributed by atoms with Crippen LogP contribution in [0.4, 0.5) is 20.7 Å². The van der Waals surface area contributed by atoms with Crippen LogP contribution in [-0.4, -0.2) is 120 Å². The van der Waals surface area contributed by atoms with E-state index in [1.54, 1.807) is 34.6 Å². The van der Waals surface area contributed by atoms with Crippen LogP contribution in [0.25, 0.3) is 22.3 Å². The molecule has 0 radical (unpaired) electrons. The fourth-order valence-electron chi connectivity index (χ4n) is 5.74. The van der Waals surface area contributed by atoms with Gasteiger partial charge in [-0.05, 0) is 6.42 Å². The minimum Gasteiger partial charge on any atom is -0.394 e. The number of amides is 2. The number of fused-ring (bicyclic) bond motifs is 2. The van der Waals surface area contributed by atoms with E-state index in [0.29, 0.717) is 0 Å². The number of H-pyrrole nitrogens is 2. The van der Waals surface area contributed by atoms with Gasteiger partial charge < -0.3 is 20.7 Å². The first-order valence-electron chi connectivity index (χ1n) is 18.6. The van der Waals surface area contributed by atoms with Crippen molar-refractivity contribution in [1.82, 2.24) is 56.1 Å². The van der Waals surface area contributed by atoms with Gasteiger partial charge in [0, 0.05) is 21.0 Å². The van der Waals surface area contributed by atoms with Crippen molar-refractivity contribution >= 4 is 62.5 Å². The third-order valence-electron chi connectivity index (χ3n) is 8.88. The van der Waals surface area contributed by atoms with Gasteiger partial charge in [-0.2, -0.15) is 19.3 Å². The van der Waals surface area contributed by atoms with E-state index in [1.165, 1.54) is 0 Å². The zero-order valence-corrected chi connectivity index (χ0v) is 35.8. The second kappa shape index (κ2) is 22.2. The summed E-state index contributed by atoms with van der Waals surface area (Å²) in [5, 5.41) is 28.9. The van der Waals surface area contributed by atoms with Crippen molar-refractivity contribution in [1.29, 1.82) is 0 Å². The molecule has 2 amide bonds. The van der Waals surface area contributed by atoms with Gasteiger partial charge in [0.15, 0.2) is 59.3 Å². The number of carbonyl (C=O) groups excluding carboxylic acids is 2. The van der Waals surface area contributed by atoms with Gasteiger partial charge in [0.1, 0.15) is 6.10 Å². The zero-order chi connectivity index (χ0) is 45.4. The highest BCUT2D eigenvalue weighted by atomic mass is 31.1. The number of halogens is 2. The van der Waals surface area contributed by atoms with Crippen molar-refractivity contribution in [3.63, 3.8) is 0 Å². The molecule has 30 heteroatoms. The third-order valence-corrected chi connectivity index (χ3v) is 9.73. The van der Waals surface area contributed by atoms with Crippen LogP contribution in [0.5, 0.6) is 0 Å². The first-order valence-corrected chi connectivity index (χ1v) is 20.9. The first kappa shape index (κ1) is 50.1. The average Bonchev–Trinajstić information content (AvgIpc) is 3.99. The highest BCUT2D eigenvalue weighted by Crippen LogP contribution is 2.40. The van der Waals surface area contributed by atoms with Crippen molar-refractivity contribution in [2.75, 3.05) is 17.2 Å². The largest absolute Gasteiger partial charge is 0.695 e. The summed E-state index contributed by atoms with van der Waals surface area (Å²) >= 11 is 0. The van der Waals surface area contributed by atoms with Crippen molar-refractivity contribution in [2.45, 2.75) is 90.3 Å². The lowest BCUT2D eigenvalue weighted by molar-refractivity contribution is -0.119. The Hall–Kier alpha value is -5.54. The van der Waals surface area contributed by atoms with Gasteiger partial charge in [-0.1, -0.05) is 81.4 Å². The fraction of sp³-hybridized carbons (Fsp3) is 0.515. The smallest absolute Gasteiger partial charge is 0.394 e. The molecule has 0 bridgehead atoms. The predicted molar refractivity (Wildman–Crippen MR) is 215 cm³/mol. The topological polar surface area (TPSA) is 378 Å². The summed E-state index contributed by atoms with van der Waals surface area (Å²) in [6, 6.07) is 12.0. The van der Waals surface area contributed by atoms with E-state index < -0.39 is 95.3 Å². The van der Waals surface area contributed by atoms with Gasteiger partial charge in [0.25, 0.3) is 11.1 Å². The number of benzene rings is 1.